The van der Waals surface area contributed by atoms with Gasteiger partial charge in [0.05, 0.1) is 36.5 Å². The molecule has 0 spiro atoms. The Kier molecular flexibility index (Phi) is 5.14. The molecule has 0 radical (unpaired) electrons. The molecule has 30 heavy (non-hydrogen) atoms. The van der Waals surface area contributed by atoms with Crippen LogP contribution in [0, 0.1) is 6.92 Å². The normalized spacial score (nSPS) is 19.9. The molecular formula is C19H20F3N7O. The number of aromatic nitrogens is 6. The van der Waals surface area contributed by atoms with Gasteiger partial charge in [-0.3, -0.25) is 0 Å². The standard InChI is InChI=1S/C19H20F3N7O/c1-11-4-6-14(7-5-11)29-17(25-26-27-29)15-8-23-18(24-16(15)19(20,21)22)28-12(2)9-30-10-13(28)3/h4-8,12-13H,9-10H2,1-3H3/t12-,13+. The minimum atomic E-state index is -4.71. The fourth-order valence-corrected chi connectivity index (χ4v) is 3.49. The summed E-state index contributed by atoms with van der Waals surface area (Å²) in [6.45, 7) is 6.41. The molecule has 0 N–H and O–H groups in total. The molecule has 1 aliphatic heterocycles. The van der Waals surface area contributed by atoms with Crippen molar-refractivity contribution in [1.29, 1.82) is 0 Å². The van der Waals surface area contributed by atoms with E-state index in [1.165, 1.54) is 4.68 Å². The molecule has 3 heterocycles. The molecule has 2 atom stereocenters. The molecule has 0 aliphatic carbocycles. The average molecular weight is 419 g/mol. The van der Waals surface area contributed by atoms with Gasteiger partial charge in [-0.15, -0.1) is 5.10 Å². The largest absolute Gasteiger partial charge is 0.434 e. The number of nitrogens with zero attached hydrogens (tertiary/aromatic N) is 7. The Labute approximate surface area is 170 Å². The van der Waals surface area contributed by atoms with Crippen LogP contribution in [0.3, 0.4) is 0 Å². The van der Waals surface area contributed by atoms with E-state index in [1.54, 1.807) is 17.0 Å². The highest BCUT2D eigenvalue weighted by atomic mass is 19.4. The Morgan fingerprint density at radius 1 is 1.07 bits per heavy atom. The number of halogens is 3. The first-order valence-corrected chi connectivity index (χ1v) is 9.42. The highest BCUT2D eigenvalue weighted by Gasteiger charge is 2.39. The number of morpholine rings is 1. The van der Waals surface area contributed by atoms with Crippen LogP contribution in [0.4, 0.5) is 19.1 Å². The Morgan fingerprint density at radius 2 is 1.73 bits per heavy atom. The van der Waals surface area contributed by atoms with Crippen LogP contribution in [0.25, 0.3) is 17.1 Å². The van der Waals surface area contributed by atoms with Crippen LogP contribution in [0.1, 0.15) is 25.1 Å². The lowest BCUT2D eigenvalue weighted by Crippen LogP contribution is -2.50. The van der Waals surface area contributed by atoms with E-state index < -0.39 is 11.9 Å². The molecule has 3 aromatic rings. The fraction of sp³-hybridized carbons (Fsp3) is 0.421. The zero-order chi connectivity index (χ0) is 21.5. The predicted molar refractivity (Wildman–Crippen MR) is 102 cm³/mol. The summed E-state index contributed by atoms with van der Waals surface area (Å²) in [5.41, 5.74) is 0.172. The predicted octanol–water partition coefficient (Wildman–Crippen LogP) is 3.06. The smallest absolute Gasteiger partial charge is 0.377 e. The number of hydrogen-bond donors (Lipinski definition) is 0. The Hall–Kier alpha value is -3.08. The van der Waals surface area contributed by atoms with E-state index >= 15 is 0 Å². The fourth-order valence-electron chi connectivity index (χ4n) is 3.49. The lowest BCUT2D eigenvalue weighted by molar-refractivity contribution is -0.140. The molecule has 1 saturated heterocycles. The van der Waals surface area contributed by atoms with Crippen LogP contribution in [0.15, 0.2) is 30.5 Å². The number of alkyl halides is 3. The maximum atomic E-state index is 14.0. The topological polar surface area (TPSA) is 81.9 Å². The summed E-state index contributed by atoms with van der Waals surface area (Å²) in [4.78, 5) is 9.87. The van der Waals surface area contributed by atoms with E-state index in [4.69, 9.17) is 4.74 Å². The monoisotopic (exact) mass is 419 g/mol. The lowest BCUT2D eigenvalue weighted by atomic mass is 10.1. The van der Waals surface area contributed by atoms with Gasteiger partial charge in [0.1, 0.15) is 0 Å². The van der Waals surface area contributed by atoms with Crippen molar-refractivity contribution in [2.24, 2.45) is 0 Å². The second-order valence-electron chi connectivity index (χ2n) is 7.32. The lowest BCUT2D eigenvalue weighted by Gasteiger charge is -2.38. The van der Waals surface area contributed by atoms with Crippen molar-refractivity contribution in [1.82, 2.24) is 30.2 Å². The first kappa shape index (κ1) is 20.2. The number of benzene rings is 1. The van der Waals surface area contributed by atoms with Gasteiger partial charge in [-0.2, -0.15) is 17.9 Å². The number of tetrazole rings is 1. The van der Waals surface area contributed by atoms with E-state index in [-0.39, 0.29) is 29.4 Å². The van der Waals surface area contributed by atoms with Gasteiger partial charge < -0.3 is 9.64 Å². The summed E-state index contributed by atoms with van der Waals surface area (Å²) in [6, 6.07) is 6.80. The number of anilines is 1. The van der Waals surface area contributed by atoms with Crippen LogP contribution < -0.4 is 4.90 Å². The highest BCUT2D eigenvalue weighted by molar-refractivity contribution is 5.61. The van der Waals surface area contributed by atoms with Gasteiger partial charge in [0.25, 0.3) is 0 Å². The van der Waals surface area contributed by atoms with Gasteiger partial charge in [0.2, 0.25) is 5.95 Å². The van der Waals surface area contributed by atoms with Crippen molar-refractivity contribution in [3.05, 3.63) is 41.7 Å². The molecule has 0 unspecified atom stereocenters. The number of aryl methyl sites for hydroxylation is 1. The van der Waals surface area contributed by atoms with Crippen molar-refractivity contribution in [2.45, 2.75) is 39.0 Å². The first-order chi connectivity index (χ1) is 14.3. The summed E-state index contributed by atoms with van der Waals surface area (Å²) in [7, 11) is 0. The summed E-state index contributed by atoms with van der Waals surface area (Å²) in [5.74, 6) is -0.0791. The van der Waals surface area contributed by atoms with Crippen LogP contribution >= 0.6 is 0 Å². The molecule has 1 aromatic carbocycles. The van der Waals surface area contributed by atoms with Gasteiger partial charge in [-0.1, -0.05) is 17.7 Å². The zero-order valence-electron chi connectivity index (χ0n) is 16.6. The maximum absolute atomic E-state index is 14.0. The van der Waals surface area contributed by atoms with Crippen LogP contribution in [-0.4, -0.2) is 55.5 Å². The van der Waals surface area contributed by atoms with Crippen LogP contribution in [0.5, 0.6) is 0 Å². The summed E-state index contributed by atoms with van der Waals surface area (Å²) < 4.78 is 48.6. The van der Waals surface area contributed by atoms with Crippen molar-refractivity contribution in [2.75, 3.05) is 18.1 Å². The van der Waals surface area contributed by atoms with Crippen molar-refractivity contribution < 1.29 is 17.9 Å². The second-order valence-corrected chi connectivity index (χ2v) is 7.32. The third-order valence-corrected chi connectivity index (χ3v) is 4.93. The summed E-state index contributed by atoms with van der Waals surface area (Å²) in [6.07, 6.45) is -3.58. The minimum absolute atomic E-state index is 0.00346. The van der Waals surface area contributed by atoms with Crippen molar-refractivity contribution >= 4 is 5.95 Å². The zero-order valence-corrected chi connectivity index (χ0v) is 16.6. The third-order valence-electron chi connectivity index (χ3n) is 4.93. The van der Waals surface area contributed by atoms with E-state index in [2.05, 4.69) is 25.5 Å². The van der Waals surface area contributed by atoms with Gasteiger partial charge in [0.15, 0.2) is 11.5 Å². The van der Waals surface area contributed by atoms with E-state index in [9.17, 15) is 13.2 Å². The molecule has 1 fully saturated rings. The second kappa shape index (κ2) is 7.63. The molecule has 8 nitrogen and oxygen atoms in total. The number of hydrogen-bond acceptors (Lipinski definition) is 7. The molecule has 2 aromatic heterocycles. The van der Waals surface area contributed by atoms with Crippen molar-refractivity contribution in [3.63, 3.8) is 0 Å². The van der Waals surface area contributed by atoms with Gasteiger partial charge in [-0.25, -0.2) is 9.97 Å². The highest BCUT2D eigenvalue weighted by Crippen LogP contribution is 2.36. The van der Waals surface area contributed by atoms with Gasteiger partial charge >= 0.3 is 6.18 Å². The third kappa shape index (κ3) is 3.72. The Morgan fingerprint density at radius 3 is 2.37 bits per heavy atom. The van der Waals surface area contributed by atoms with Crippen molar-refractivity contribution in [3.8, 4) is 17.1 Å². The molecule has 4 rings (SSSR count). The summed E-state index contributed by atoms with van der Waals surface area (Å²) >= 11 is 0. The van der Waals surface area contributed by atoms with E-state index in [1.807, 2.05) is 32.9 Å². The van der Waals surface area contributed by atoms with E-state index in [0.29, 0.717) is 18.9 Å². The van der Waals surface area contributed by atoms with Gasteiger partial charge in [-0.05, 0) is 43.3 Å². The molecular weight excluding hydrogens is 399 g/mol. The van der Waals surface area contributed by atoms with Crippen LogP contribution in [0.2, 0.25) is 0 Å². The van der Waals surface area contributed by atoms with Gasteiger partial charge in [0, 0.05) is 6.20 Å². The molecule has 1 aliphatic rings. The average Bonchev–Trinajstić information content (AvgIpc) is 3.17. The SMILES string of the molecule is Cc1ccc(-n2nnnc2-c2cnc(N3[C@H](C)COC[C@@H]3C)nc2C(F)(F)F)cc1. The molecule has 11 heteroatoms. The Bertz CT molecular complexity index is 1030. The molecule has 158 valence electrons. The quantitative estimate of drug-likeness (QED) is 0.645. The molecule has 0 saturated carbocycles. The number of ether oxygens (including phenoxy) is 1. The minimum Gasteiger partial charge on any atom is -0.377 e. The van der Waals surface area contributed by atoms with E-state index in [0.717, 1.165) is 11.8 Å². The maximum Gasteiger partial charge on any atom is 0.434 e. The molecule has 0 amide bonds. The molecule has 0 bridgehead atoms. The first-order valence-electron chi connectivity index (χ1n) is 9.42. The summed E-state index contributed by atoms with van der Waals surface area (Å²) in [5, 5.41) is 11.2. The Balaban J connectivity index is 1.82. The van der Waals surface area contributed by atoms with Crippen LogP contribution in [-0.2, 0) is 10.9 Å². The number of rotatable bonds is 3.